The van der Waals surface area contributed by atoms with E-state index >= 15 is 0 Å². The zero-order valence-electron chi connectivity index (χ0n) is 13.1. The van der Waals surface area contributed by atoms with Gasteiger partial charge in [0.2, 0.25) is 0 Å². The van der Waals surface area contributed by atoms with Crippen LogP contribution in [0, 0.1) is 0 Å². The van der Waals surface area contributed by atoms with Crippen molar-refractivity contribution in [3.05, 3.63) is 18.3 Å². The van der Waals surface area contributed by atoms with Crippen molar-refractivity contribution in [2.24, 2.45) is 0 Å². The molecule has 1 N–H and O–H groups in total. The lowest BCUT2D eigenvalue weighted by Crippen LogP contribution is -2.41. The summed E-state index contributed by atoms with van der Waals surface area (Å²) in [5.41, 5.74) is 0.789. The molecule has 1 atom stereocenters. The molecule has 0 amide bonds. The summed E-state index contributed by atoms with van der Waals surface area (Å²) in [6, 6.07) is 0.299. The quantitative estimate of drug-likeness (QED) is 0.904. The third-order valence-corrected chi connectivity index (χ3v) is 4.67. The normalized spacial score (nSPS) is 21.6. The molecule has 0 bridgehead atoms. The van der Waals surface area contributed by atoms with E-state index in [1.807, 2.05) is 0 Å². The Morgan fingerprint density at radius 2 is 2.17 bits per heavy atom. The van der Waals surface area contributed by atoms with E-state index in [0.29, 0.717) is 17.9 Å². The first-order chi connectivity index (χ1) is 11.4. The van der Waals surface area contributed by atoms with Crippen molar-refractivity contribution in [2.75, 3.05) is 18.1 Å². The molecule has 0 aromatic carbocycles. The zero-order valence-corrected chi connectivity index (χ0v) is 13.1. The van der Waals surface area contributed by atoms with Gasteiger partial charge < -0.3 is 14.5 Å². The third kappa shape index (κ3) is 2.93. The fourth-order valence-electron chi connectivity index (χ4n) is 3.28. The minimum absolute atomic E-state index is 0.188. The largest absolute Gasteiger partial charge is 0.396 e. The van der Waals surface area contributed by atoms with Crippen molar-refractivity contribution in [3.63, 3.8) is 0 Å². The van der Waals surface area contributed by atoms with Crippen molar-refractivity contribution in [1.29, 1.82) is 0 Å². The van der Waals surface area contributed by atoms with Gasteiger partial charge in [-0.2, -0.15) is 4.98 Å². The molecule has 1 aliphatic heterocycles. The molecule has 122 valence electrons. The minimum atomic E-state index is 0.188. The molecule has 4 rings (SSSR count). The minimum Gasteiger partial charge on any atom is -0.396 e. The summed E-state index contributed by atoms with van der Waals surface area (Å²) in [5.74, 6) is 2.58. The molecule has 2 aromatic rings. The van der Waals surface area contributed by atoms with Gasteiger partial charge in [0.1, 0.15) is 17.7 Å². The average molecular weight is 315 g/mol. The van der Waals surface area contributed by atoms with Crippen LogP contribution in [0.25, 0.3) is 11.5 Å². The van der Waals surface area contributed by atoms with Gasteiger partial charge >= 0.3 is 0 Å². The molecule has 1 saturated heterocycles. The van der Waals surface area contributed by atoms with Crippen molar-refractivity contribution < 1.29 is 9.63 Å². The van der Waals surface area contributed by atoms with Crippen LogP contribution in [0.5, 0.6) is 0 Å². The van der Waals surface area contributed by atoms with Crippen LogP contribution in [0.4, 0.5) is 5.82 Å². The summed E-state index contributed by atoms with van der Waals surface area (Å²) >= 11 is 0. The first-order valence-corrected chi connectivity index (χ1v) is 8.38. The van der Waals surface area contributed by atoms with Gasteiger partial charge in [0.15, 0.2) is 5.82 Å². The summed E-state index contributed by atoms with van der Waals surface area (Å²) in [6.07, 6.45) is 9.72. The fraction of sp³-hybridized carbons (Fsp3) is 0.625. The number of aromatic nitrogens is 4. The molecule has 0 spiro atoms. The van der Waals surface area contributed by atoms with Gasteiger partial charge in [-0.15, -0.1) is 0 Å². The molecule has 1 saturated carbocycles. The van der Waals surface area contributed by atoms with Crippen LogP contribution in [-0.2, 0) is 0 Å². The molecule has 3 heterocycles. The van der Waals surface area contributed by atoms with Crippen molar-refractivity contribution in [2.45, 2.75) is 50.5 Å². The zero-order chi connectivity index (χ0) is 15.6. The lowest BCUT2D eigenvalue weighted by atomic mass is 9.99. The predicted molar refractivity (Wildman–Crippen MR) is 84.0 cm³/mol. The Morgan fingerprint density at radius 1 is 1.26 bits per heavy atom. The first-order valence-electron chi connectivity index (χ1n) is 8.38. The Kier molecular flexibility index (Phi) is 3.95. The Hall–Kier alpha value is -2.02. The van der Waals surface area contributed by atoms with Gasteiger partial charge in [0, 0.05) is 31.3 Å². The number of anilines is 1. The molecule has 7 heteroatoms. The summed E-state index contributed by atoms with van der Waals surface area (Å²) in [7, 11) is 0. The van der Waals surface area contributed by atoms with Crippen molar-refractivity contribution in [3.8, 4) is 11.5 Å². The molecule has 0 radical (unpaired) electrons. The highest BCUT2D eigenvalue weighted by Gasteiger charge is 2.31. The average Bonchev–Trinajstić information content (AvgIpc) is 3.33. The van der Waals surface area contributed by atoms with Gasteiger partial charge in [-0.05, 0) is 38.5 Å². The Morgan fingerprint density at radius 3 is 3.00 bits per heavy atom. The van der Waals surface area contributed by atoms with Gasteiger partial charge in [-0.25, -0.2) is 9.97 Å². The highest BCUT2D eigenvalue weighted by Crippen LogP contribution is 2.39. The van der Waals surface area contributed by atoms with E-state index in [-0.39, 0.29) is 6.61 Å². The number of rotatable bonds is 5. The maximum absolute atomic E-state index is 9.34. The van der Waals surface area contributed by atoms with Crippen LogP contribution in [0.15, 0.2) is 17.0 Å². The second-order valence-electron chi connectivity index (χ2n) is 6.35. The summed E-state index contributed by atoms with van der Waals surface area (Å²) < 4.78 is 5.46. The van der Waals surface area contributed by atoms with Crippen LogP contribution in [0.2, 0.25) is 0 Å². The van der Waals surface area contributed by atoms with Gasteiger partial charge in [-0.3, -0.25) is 0 Å². The van der Waals surface area contributed by atoms with E-state index in [9.17, 15) is 5.11 Å². The monoisotopic (exact) mass is 315 g/mol. The number of nitrogens with zero attached hydrogens (tertiary/aromatic N) is 5. The summed E-state index contributed by atoms with van der Waals surface area (Å²) in [5, 5.41) is 13.4. The maximum Gasteiger partial charge on any atom is 0.263 e. The van der Waals surface area contributed by atoms with E-state index in [1.54, 1.807) is 12.5 Å². The first kappa shape index (κ1) is 14.6. The lowest BCUT2D eigenvalue weighted by molar-refractivity contribution is 0.262. The maximum atomic E-state index is 9.34. The number of hydrogen-bond donors (Lipinski definition) is 1. The molecule has 2 aliphatic rings. The summed E-state index contributed by atoms with van der Waals surface area (Å²) in [4.78, 5) is 15.4. The van der Waals surface area contributed by atoms with E-state index in [1.165, 1.54) is 6.42 Å². The van der Waals surface area contributed by atoms with Gasteiger partial charge in [0.05, 0.1) is 0 Å². The molecule has 23 heavy (non-hydrogen) atoms. The second-order valence-corrected chi connectivity index (χ2v) is 6.35. The highest BCUT2D eigenvalue weighted by molar-refractivity contribution is 5.69. The van der Waals surface area contributed by atoms with Crippen LogP contribution < -0.4 is 4.90 Å². The molecule has 1 unspecified atom stereocenters. The standard InChI is InChI=1S/C16H21N5O2/c22-8-6-12-3-1-2-7-21(12)15-13(9-17-10-18-15)16-19-14(20-23-16)11-4-5-11/h9-12,22H,1-8H2. The van der Waals surface area contributed by atoms with E-state index in [0.717, 1.165) is 55.9 Å². The van der Waals surface area contributed by atoms with Crippen LogP contribution in [0.3, 0.4) is 0 Å². The van der Waals surface area contributed by atoms with Crippen LogP contribution >= 0.6 is 0 Å². The van der Waals surface area contributed by atoms with Gasteiger partial charge in [-0.1, -0.05) is 5.16 Å². The molecule has 2 aromatic heterocycles. The molecular formula is C16H21N5O2. The number of piperidine rings is 1. The van der Waals surface area contributed by atoms with Crippen molar-refractivity contribution >= 4 is 5.82 Å². The predicted octanol–water partition coefficient (Wildman–Crippen LogP) is 2.15. The molecule has 7 nitrogen and oxygen atoms in total. The topological polar surface area (TPSA) is 88.2 Å². The Bertz CT molecular complexity index is 668. The molecule has 2 fully saturated rings. The van der Waals surface area contributed by atoms with Crippen molar-refractivity contribution in [1.82, 2.24) is 20.1 Å². The SMILES string of the molecule is OCCC1CCCCN1c1ncncc1-c1nc(C2CC2)no1. The molecular weight excluding hydrogens is 294 g/mol. The van der Waals surface area contributed by atoms with Gasteiger partial charge in [0.25, 0.3) is 5.89 Å². The van der Waals surface area contributed by atoms with E-state index < -0.39 is 0 Å². The van der Waals surface area contributed by atoms with Crippen LogP contribution in [0.1, 0.15) is 50.3 Å². The lowest BCUT2D eigenvalue weighted by Gasteiger charge is -2.37. The number of hydrogen-bond acceptors (Lipinski definition) is 7. The van der Waals surface area contributed by atoms with E-state index in [4.69, 9.17) is 4.52 Å². The third-order valence-electron chi connectivity index (χ3n) is 4.67. The fourth-order valence-corrected chi connectivity index (χ4v) is 3.28. The van der Waals surface area contributed by atoms with E-state index in [2.05, 4.69) is 25.0 Å². The smallest absolute Gasteiger partial charge is 0.263 e. The number of aliphatic hydroxyl groups is 1. The van der Waals surface area contributed by atoms with Crippen LogP contribution in [-0.4, -0.2) is 44.4 Å². The molecule has 1 aliphatic carbocycles. The Labute approximate surface area is 134 Å². The summed E-state index contributed by atoms with van der Waals surface area (Å²) in [6.45, 7) is 1.12. The Balaban J connectivity index is 1.67. The second kappa shape index (κ2) is 6.23. The highest BCUT2D eigenvalue weighted by atomic mass is 16.5. The number of aliphatic hydroxyl groups excluding tert-OH is 1.